The van der Waals surface area contributed by atoms with Gasteiger partial charge in [0.2, 0.25) is 5.91 Å². The van der Waals surface area contributed by atoms with Crippen molar-refractivity contribution in [3.8, 4) is 0 Å². The summed E-state index contributed by atoms with van der Waals surface area (Å²) < 4.78 is 0. The summed E-state index contributed by atoms with van der Waals surface area (Å²) in [7, 11) is 0. The van der Waals surface area contributed by atoms with E-state index in [1.165, 1.54) is 21.8 Å². The van der Waals surface area contributed by atoms with E-state index in [0.717, 1.165) is 36.0 Å². The first-order valence-corrected chi connectivity index (χ1v) is 9.47. The van der Waals surface area contributed by atoms with Crippen molar-refractivity contribution in [3.05, 3.63) is 50.9 Å². The normalized spacial score (nSPS) is 16.4. The molecule has 0 aliphatic heterocycles. The lowest BCUT2D eigenvalue weighted by Gasteiger charge is -2.18. The molecule has 0 radical (unpaired) electrons. The smallest absolute Gasteiger partial charge is 0.251 e. The molecule has 1 atom stereocenters. The van der Waals surface area contributed by atoms with Gasteiger partial charge in [0.25, 0.3) is 5.91 Å². The number of hydrogen-bond donors (Lipinski definition) is 2. The molecule has 3 N–H and O–H groups in total. The van der Waals surface area contributed by atoms with Crippen LogP contribution in [0, 0.1) is 19.8 Å². The van der Waals surface area contributed by atoms with Crippen LogP contribution < -0.4 is 11.1 Å². The molecule has 4 nitrogen and oxygen atoms in total. The number of hydrogen-bond acceptors (Lipinski definition) is 3. The standard InChI is InChI=1S/C20H24N2O2S/c1-11-4-6-14(13(3)8-11)10-17(23)22-20-18(19(21)24)15-7-5-12(2)9-16(15)25-20/h4,6,8,12H,5,7,9-10H2,1-3H3,(H2,21,24)(H,22,23). The topological polar surface area (TPSA) is 72.2 Å². The highest BCUT2D eigenvalue weighted by atomic mass is 32.1. The predicted molar refractivity (Wildman–Crippen MR) is 102 cm³/mol. The number of aryl methyl sites for hydroxylation is 2. The molecule has 1 unspecified atom stereocenters. The molecule has 132 valence electrons. The number of fused-ring (bicyclic) bond motifs is 1. The molecule has 0 fully saturated rings. The molecule has 3 rings (SSSR count). The van der Waals surface area contributed by atoms with Crippen molar-refractivity contribution < 1.29 is 9.59 Å². The Bertz CT molecular complexity index is 838. The van der Waals surface area contributed by atoms with Gasteiger partial charge in [-0.05, 0) is 55.7 Å². The number of amides is 2. The highest BCUT2D eigenvalue weighted by Crippen LogP contribution is 2.39. The van der Waals surface area contributed by atoms with Gasteiger partial charge in [-0.2, -0.15) is 0 Å². The SMILES string of the molecule is Cc1ccc(CC(=O)Nc2sc3c(c2C(N)=O)CCC(C)C3)c(C)c1. The summed E-state index contributed by atoms with van der Waals surface area (Å²) in [5, 5.41) is 3.55. The van der Waals surface area contributed by atoms with E-state index in [9.17, 15) is 9.59 Å². The summed E-state index contributed by atoms with van der Waals surface area (Å²) >= 11 is 1.51. The van der Waals surface area contributed by atoms with Crippen LogP contribution in [0.3, 0.4) is 0 Å². The van der Waals surface area contributed by atoms with Crippen LogP contribution in [-0.2, 0) is 24.1 Å². The van der Waals surface area contributed by atoms with E-state index in [-0.39, 0.29) is 5.91 Å². The summed E-state index contributed by atoms with van der Waals surface area (Å²) in [4.78, 5) is 25.6. The highest BCUT2D eigenvalue weighted by molar-refractivity contribution is 7.17. The van der Waals surface area contributed by atoms with Gasteiger partial charge in [-0.15, -0.1) is 11.3 Å². The van der Waals surface area contributed by atoms with Crippen molar-refractivity contribution in [3.63, 3.8) is 0 Å². The van der Waals surface area contributed by atoms with Crippen molar-refractivity contribution in [2.75, 3.05) is 5.32 Å². The fourth-order valence-electron chi connectivity index (χ4n) is 3.49. The van der Waals surface area contributed by atoms with Crippen LogP contribution in [0.2, 0.25) is 0 Å². The molecular weight excluding hydrogens is 332 g/mol. The lowest BCUT2D eigenvalue weighted by Crippen LogP contribution is -2.20. The van der Waals surface area contributed by atoms with Gasteiger partial charge in [0.05, 0.1) is 12.0 Å². The zero-order valence-electron chi connectivity index (χ0n) is 14.9. The molecular formula is C20H24N2O2S. The Hall–Kier alpha value is -2.14. The van der Waals surface area contributed by atoms with Gasteiger partial charge < -0.3 is 11.1 Å². The van der Waals surface area contributed by atoms with Gasteiger partial charge in [0.1, 0.15) is 5.00 Å². The first-order chi connectivity index (χ1) is 11.8. The Labute approximate surface area is 152 Å². The van der Waals surface area contributed by atoms with Gasteiger partial charge >= 0.3 is 0 Å². The monoisotopic (exact) mass is 356 g/mol. The highest BCUT2D eigenvalue weighted by Gasteiger charge is 2.27. The molecule has 2 amide bonds. The minimum Gasteiger partial charge on any atom is -0.365 e. The Morgan fingerprint density at radius 2 is 2.08 bits per heavy atom. The maximum Gasteiger partial charge on any atom is 0.251 e. The first-order valence-electron chi connectivity index (χ1n) is 8.65. The molecule has 0 spiro atoms. The summed E-state index contributed by atoms with van der Waals surface area (Å²) in [6.45, 7) is 6.26. The van der Waals surface area contributed by atoms with Crippen molar-refractivity contribution in [1.82, 2.24) is 0 Å². The predicted octanol–water partition coefficient (Wildman–Crippen LogP) is 3.77. The lowest BCUT2D eigenvalue weighted by molar-refractivity contribution is -0.115. The summed E-state index contributed by atoms with van der Waals surface area (Å²) in [6.07, 6.45) is 3.16. The minimum atomic E-state index is -0.450. The quantitative estimate of drug-likeness (QED) is 0.875. The zero-order valence-corrected chi connectivity index (χ0v) is 15.8. The van der Waals surface area contributed by atoms with Crippen molar-refractivity contribution >= 4 is 28.2 Å². The van der Waals surface area contributed by atoms with E-state index in [4.69, 9.17) is 5.73 Å². The van der Waals surface area contributed by atoms with E-state index in [1.54, 1.807) is 0 Å². The first kappa shape index (κ1) is 17.7. The van der Waals surface area contributed by atoms with Crippen LogP contribution in [0.4, 0.5) is 5.00 Å². The number of carbonyl (C=O) groups excluding carboxylic acids is 2. The molecule has 0 bridgehead atoms. The van der Waals surface area contributed by atoms with Gasteiger partial charge in [0.15, 0.2) is 0 Å². The lowest BCUT2D eigenvalue weighted by atomic mass is 9.88. The number of anilines is 1. The molecule has 5 heteroatoms. The molecule has 0 saturated heterocycles. The number of primary amides is 1. The Morgan fingerprint density at radius 1 is 1.32 bits per heavy atom. The van der Waals surface area contributed by atoms with E-state index < -0.39 is 5.91 Å². The number of thiophene rings is 1. The van der Waals surface area contributed by atoms with Crippen molar-refractivity contribution in [1.29, 1.82) is 0 Å². The third-order valence-electron chi connectivity index (χ3n) is 4.86. The van der Waals surface area contributed by atoms with E-state index in [0.29, 0.717) is 22.9 Å². The molecule has 0 saturated carbocycles. The number of benzene rings is 1. The Balaban J connectivity index is 1.82. The second kappa shape index (κ2) is 7.00. The molecule has 1 aliphatic rings. The van der Waals surface area contributed by atoms with Crippen LogP contribution in [-0.4, -0.2) is 11.8 Å². The van der Waals surface area contributed by atoms with Crippen molar-refractivity contribution in [2.45, 2.75) is 46.5 Å². The summed E-state index contributed by atoms with van der Waals surface area (Å²) in [5.41, 5.74) is 10.4. The zero-order chi connectivity index (χ0) is 18.1. The minimum absolute atomic E-state index is 0.110. The van der Waals surface area contributed by atoms with Crippen LogP contribution in [0.1, 0.15) is 50.8 Å². The fraction of sp³-hybridized carbons (Fsp3) is 0.400. The summed E-state index contributed by atoms with van der Waals surface area (Å²) in [5.74, 6) is 0.0422. The largest absolute Gasteiger partial charge is 0.365 e. The maximum absolute atomic E-state index is 12.5. The Morgan fingerprint density at radius 3 is 2.76 bits per heavy atom. The van der Waals surface area contributed by atoms with Gasteiger partial charge in [-0.25, -0.2) is 0 Å². The van der Waals surface area contributed by atoms with Crippen LogP contribution in [0.5, 0.6) is 0 Å². The maximum atomic E-state index is 12.5. The molecule has 2 aromatic rings. The molecule has 1 aromatic heterocycles. The van der Waals surface area contributed by atoms with Gasteiger partial charge in [-0.1, -0.05) is 30.7 Å². The second-order valence-electron chi connectivity index (χ2n) is 7.08. The number of nitrogens with two attached hydrogens (primary N) is 1. The molecule has 1 aromatic carbocycles. The van der Waals surface area contributed by atoms with E-state index in [1.807, 2.05) is 26.0 Å². The van der Waals surface area contributed by atoms with E-state index in [2.05, 4.69) is 18.3 Å². The molecule has 25 heavy (non-hydrogen) atoms. The van der Waals surface area contributed by atoms with Crippen LogP contribution >= 0.6 is 11.3 Å². The number of nitrogens with one attached hydrogen (secondary N) is 1. The average Bonchev–Trinajstić information content (AvgIpc) is 2.86. The summed E-state index contributed by atoms with van der Waals surface area (Å²) in [6, 6.07) is 6.07. The third-order valence-corrected chi connectivity index (χ3v) is 6.03. The molecule has 1 aliphatic carbocycles. The number of rotatable bonds is 4. The average molecular weight is 356 g/mol. The van der Waals surface area contributed by atoms with Crippen LogP contribution in [0.15, 0.2) is 18.2 Å². The van der Waals surface area contributed by atoms with Crippen molar-refractivity contribution in [2.24, 2.45) is 11.7 Å². The fourth-order valence-corrected chi connectivity index (χ4v) is 4.92. The third kappa shape index (κ3) is 3.76. The van der Waals surface area contributed by atoms with Gasteiger partial charge in [0, 0.05) is 4.88 Å². The molecule has 1 heterocycles. The second-order valence-corrected chi connectivity index (χ2v) is 8.18. The van der Waals surface area contributed by atoms with Crippen LogP contribution in [0.25, 0.3) is 0 Å². The van der Waals surface area contributed by atoms with E-state index >= 15 is 0 Å². The Kier molecular flexibility index (Phi) is 4.95. The number of carbonyl (C=O) groups is 2. The van der Waals surface area contributed by atoms with Gasteiger partial charge in [-0.3, -0.25) is 9.59 Å².